The zero-order chi connectivity index (χ0) is 21.3. The van der Waals surface area contributed by atoms with Gasteiger partial charge in [0.05, 0.1) is 6.10 Å². The number of nitrogens with one attached hydrogen (secondary N) is 1. The predicted octanol–water partition coefficient (Wildman–Crippen LogP) is 3.25. The molecule has 0 spiro atoms. The Kier molecular flexibility index (Phi) is 7.85. The molecule has 1 fully saturated rings. The predicted molar refractivity (Wildman–Crippen MR) is 112 cm³/mol. The summed E-state index contributed by atoms with van der Waals surface area (Å²) in [5, 5.41) is 2.93. The van der Waals surface area contributed by atoms with Gasteiger partial charge in [-0.05, 0) is 56.0 Å². The molecule has 1 N–H and O–H groups in total. The normalized spacial score (nSPS) is 18.5. The standard InChI is InChI=1S/C24H26NO5/c1-17-6-10-20(11-7-17)24(27)25-15-14-19-8-12-21(13-9-19)29-23-5-3-4-22(30-23)16-28-18(2)26/h3-13,22-23H,14-16H2,1-2H3,(H,25,27)/t22?,23-/m1/s1. The number of amides is 1. The molecule has 30 heavy (non-hydrogen) atoms. The fourth-order valence-electron chi connectivity index (χ4n) is 2.90. The molecule has 3 rings (SSSR count). The number of rotatable bonds is 8. The first-order chi connectivity index (χ1) is 14.5. The van der Waals surface area contributed by atoms with Crippen molar-refractivity contribution in [1.82, 2.24) is 5.32 Å². The molecule has 1 saturated heterocycles. The van der Waals surface area contributed by atoms with Crippen LogP contribution in [0.1, 0.15) is 28.4 Å². The summed E-state index contributed by atoms with van der Waals surface area (Å²) >= 11 is 0. The highest BCUT2D eigenvalue weighted by Crippen LogP contribution is 2.21. The summed E-state index contributed by atoms with van der Waals surface area (Å²) in [6.07, 6.45) is 5.29. The van der Waals surface area contributed by atoms with Gasteiger partial charge >= 0.3 is 5.97 Å². The van der Waals surface area contributed by atoms with Gasteiger partial charge in [-0.15, -0.1) is 0 Å². The highest BCUT2D eigenvalue weighted by atomic mass is 16.7. The van der Waals surface area contributed by atoms with Gasteiger partial charge < -0.3 is 19.5 Å². The molecule has 0 saturated carbocycles. The van der Waals surface area contributed by atoms with Crippen LogP contribution >= 0.6 is 0 Å². The molecule has 1 aliphatic heterocycles. The van der Waals surface area contributed by atoms with Crippen LogP contribution in [0.3, 0.4) is 0 Å². The molecule has 1 unspecified atom stereocenters. The van der Waals surface area contributed by atoms with E-state index in [9.17, 15) is 9.59 Å². The topological polar surface area (TPSA) is 73.9 Å². The van der Waals surface area contributed by atoms with Crippen molar-refractivity contribution in [3.05, 3.63) is 84.5 Å². The molecule has 0 bridgehead atoms. The Morgan fingerprint density at radius 1 is 1.03 bits per heavy atom. The smallest absolute Gasteiger partial charge is 0.302 e. The van der Waals surface area contributed by atoms with Gasteiger partial charge in [0.1, 0.15) is 12.4 Å². The third kappa shape index (κ3) is 6.88. The molecule has 2 aromatic rings. The number of hydrogen-bond donors (Lipinski definition) is 1. The van der Waals surface area contributed by atoms with Crippen molar-refractivity contribution in [2.75, 3.05) is 13.2 Å². The number of aryl methyl sites for hydroxylation is 1. The van der Waals surface area contributed by atoms with E-state index >= 15 is 0 Å². The molecule has 1 heterocycles. The summed E-state index contributed by atoms with van der Waals surface area (Å²) in [5.41, 5.74) is 2.88. The van der Waals surface area contributed by atoms with Crippen LogP contribution < -0.4 is 10.1 Å². The summed E-state index contributed by atoms with van der Waals surface area (Å²) in [4.78, 5) is 23.1. The first-order valence-corrected chi connectivity index (χ1v) is 9.90. The zero-order valence-electron chi connectivity index (χ0n) is 17.2. The van der Waals surface area contributed by atoms with Crippen molar-refractivity contribution in [2.24, 2.45) is 0 Å². The van der Waals surface area contributed by atoms with Crippen LogP contribution in [0.15, 0.2) is 48.5 Å². The highest BCUT2D eigenvalue weighted by Gasteiger charge is 2.25. The van der Waals surface area contributed by atoms with E-state index in [0.717, 1.165) is 17.5 Å². The van der Waals surface area contributed by atoms with Crippen LogP contribution in [0.5, 0.6) is 5.75 Å². The lowest BCUT2D eigenvalue weighted by Crippen LogP contribution is -2.36. The van der Waals surface area contributed by atoms with Gasteiger partial charge in [0.2, 0.25) is 6.29 Å². The fraction of sp³-hybridized carbons (Fsp3) is 0.292. The maximum absolute atomic E-state index is 12.2. The molecule has 0 aromatic heterocycles. The fourth-order valence-corrected chi connectivity index (χ4v) is 2.90. The summed E-state index contributed by atoms with van der Waals surface area (Å²) in [5.74, 6) is 0.256. The first-order valence-electron chi connectivity index (χ1n) is 9.90. The van der Waals surface area contributed by atoms with Crippen LogP contribution in [0, 0.1) is 26.2 Å². The second-order valence-electron chi connectivity index (χ2n) is 7.06. The van der Waals surface area contributed by atoms with Gasteiger partial charge in [-0.1, -0.05) is 29.8 Å². The Morgan fingerprint density at radius 3 is 2.47 bits per heavy atom. The third-order valence-corrected chi connectivity index (χ3v) is 4.54. The van der Waals surface area contributed by atoms with Crippen molar-refractivity contribution < 1.29 is 23.8 Å². The molecule has 2 atom stereocenters. The molecule has 1 aliphatic rings. The Morgan fingerprint density at radius 2 is 1.77 bits per heavy atom. The number of ether oxygens (including phenoxy) is 3. The summed E-state index contributed by atoms with van der Waals surface area (Å²) in [7, 11) is 0. The molecular weight excluding hydrogens is 382 g/mol. The third-order valence-electron chi connectivity index (χ3n) is 4.54. The van der Waals surface area contributed by atoms with Gasteiger partial charge in [0, 0.05) is 25.5 Å². The largest absolute Gasteiger partial charge is 0.465 e. The van der Waals surface area contributed by atoms with Crippen LogP contribution in [0.25, 0.3) is 0 Å². The lowest BCUT2D eigenvalue weighted by atomic mass is 10.1. The SMILES string of the molecule is CC(=O)OCC1[CH][CH][CH][C@H](Oc2ccc(CCNC(=O)c3ccc(C)cc3)cc2)O1. The van der Waals surface area contributed by atoms with Crippen LogP contribution in [0.4, 0.5) is 0 Å². The molecule has 6 heteroatoms. The minimum absolute atomic E-state index is 0.0729. The summed E-state index contributed by atoms with van der Waals surface area (Å²) in [6, 6.07) is 15.2. The van der Waals surface area contributed by atoms with Gasteiger partial charge in [0.15, 0.2) is 0 Å². The monoisotopic (exact) mass is 408 g/mol. The quantitative estimate of drug-likeness (QED) is 0.679. The number of esters is 1. The van der Waals surface area contributed by atoms with E-state index in [1.807, 2.05) is 68.3 Å². The Bertz CT molecular complexity index is 832. The van der Waals surface area contributed by atoms with Gasteiger partial charge in [0.25, 0.3) is 5.91 Å². The molecule has 6 nitrogen and oxygen atoms in total. The minimum atomic E-state index is -0.546. The molecule has 157 valence electrons. The van der Waals surface area contributed by atoms with E-state index in [1.54, 1.807) is 6.42 Å². The summed E-state index contributed by atoms with van der Waals surface area (Å²) in [6.45, 7) is 4.06. The van der Waals surface area contributed by atoms with Crippen LogP contribution in [-0.2, 0) is 20.7 Å². The molecule has 3 radical (unpaired) electrons. The lowest BCUT2D eigenvalue weighted by Gasteiger charge is -2.29. The van der Waals surface area contributed by atoms with Crippen molar-refractivity contribution in [3.63, 3.8) is 0 Å². The molecule has 1 amide bonds. The lowest BCUT2D eigenvalue weighted by molar-refractivity contribution is -0.152. The van der Waals surface area contributed by atoms with Gasteiger partial charge in [-0.25, -0.2) is 0 Å². The highest BCUT2D eigenvalue weighted by molar-refractivity contribution is 5.94. The first kappa shape index (κ1) is 21.8. The second-order valence-corrected chi connectivity index (χ2v) is 7.06. The average molecular weight is 408 g/mol. The Hall–Kier alpha value is -2.86. The van der Waals surface area contributed by atoms with Crippen molar-refractivity contribution in [2.45, 2.75) is 32.7 Å². The van der Waals surface area contributed by atoms with E-state index in [2.05, 4.69) is 5.32 Å². The maximum atomic E-state index is 12.2. The number of carbonyl (C=O) groups excluding carboxylic acids is 2. The van der Waals surface area contributed by atoms with E-state index in [1.165, 1.54) is 6.92 Å². The Balaban J connectivity index is 1.41. The second kappa shape index (κ2) is 10.8. The molecule has 2 aromatic carbocycles. The van der Waals surface area contributed by atoms with Crippen molar-refractivity contribution in [3.8, 4) is 5.75 Å². The van der Waals surface area contributed by atoms with Crippen molar-refractivity contribution >= 4 is 11.9 Å². The number of carbonyl (C=O) groups is 2. The zero-order valence-corrected chi connectivity index (χ0v) is 17.2. The van der Waals surface area contributed by atoms with E-state index in [-0.39, 0.29) is 24.6 Å². The van der Waals surface area contributed by atoms with Gasteiger partial charge in [-0.3, -0.25) is 9.59 Å². The van der Waals surface area contributed by atoms with E-state index < -0.39 is 6.29 Å². The molecule has 0 aliphatic carbocycles. The van der Waals surface area contributed by atoms with E-state index in [4.69, 9.17) is 14.2 Å². The molecular formula is C24H26NO5. The van der Waals surface area contributed by atoms with E-state index in [0.29, 0.717) is 17.9 Å². The maximum Gasteiger partial charge on any atom is 0.302 e. The van der Waals surface area contributed by atoms with Crippen molar-refractivity contribution in [1.29, 1.82) is 0 Å². The summed E-state index contributed by atoms with van der Waals surface area (Å²) < 4.78 is 16.5. The average Bonchev–Trinajstić information content (AvgIpc) is 2.74. The minimum Gasteiger partial charge on any atom is -0.465 e. The Labute approximate surface area is 177 Å². The van der Waals surface area contributed by atoms with Crippen LogP contribution in [0.2, 0.25) is 0 Å². The number of hydrogen-bond acceptors (Lipinski definition) is 5. The van der Waals surface area contributed by atoms with Crippen LogP contribution in [-0.4, -0.2) is 37.4 Å². The van der Waals surface area contributed by atoms with Gasteiger partial charge in [-0.2, -0.15) is 0 Å². The number of benzene rings is 2.